The van der Waals surface area contributed by atoms with Crippen molar-refractivity contribution in [3.63, 3.8) is 0 Å². The fraction of sp³-hybridized carbons (Fsp3) is 0.357. The second kappa shape index (κ2) is 5.31. The van der Waals surface area contributed by atoms with Gasteiger partial charge < -0.3 is 5.73 Å². The van der Waals surface area contributed by atoms with Crippen molar-refractivity contribution in [3.05, 3.63) is 51.6 Å². The van der Waals surface area contributed by atoms with Gasteiger partial charge in [0, 0.05) is 19.5 Å². The number of aryl methyl sites for hydroxylation is 3. The number of rotatable bonds is 3. The molecule has 1 heterocycles. The van der Waals surface area contributed by atoms with Crippen molar-refractivity contribution in [2.24, 2.45) is 12.8 Å². The molecule has 0 radical (unpaired) electrons. The number of halogens is 2. The van der Waals surface area contributed by atoms with Crippen molar-refractivity contribution in [1.29, 1.82) is 0 Å². The Labute approximate surface area is 117 Å². The summed E-state index contributed by atoms with van der Waals surface area (Å²) in [5.74, 6) is -0.217. The van der Waals surface area contributed by atoms with Crippen molar-refractivity contribution in [2.45, 2.75) is 26.3 Å². The second-order valence-electron chi connectivity index (χ2n) is 4.79. The maximum Gasteiger partial charge on any atom is 0.126 e. The molecule has 19 heavy (non-hydrogen) atoms. The van der Waals surface area contributed by atoms with E-state index < -0.39 is 0 Å². The van der Waals surface area contributed by atoms with Gasteiger partial charge >= 0.3 is 0 Å². The highest BCUT2D eigenvalue weighted by atomic mass is 35.5. The summed E-state index contributed by atoms with van der Waals surface area (Å²) in [6, 6.07) is 4.70. The van der Waals surface area contributed by atoms with E-state index in [0.29, 0.717) is 17.0 Å². The highest BCUT2D eigenvalue weighted by molar-refractivity contribution is 6.31. The van der Waals surface area contributed by atoms with Crippen LogP contribution in [-0.2, 0) is 13.5 Å². The molecule has 0 aliphatic heterocycles. The van der Waals surface area contributed by atoms with Crippen molar-refractivity contribution in [2.75, 3.05) is 0 Å². The molecular weight excluding hydrogens is 265 g/mol. The Hall–Kier alpha value is -1.39. The standard InChI is InChI=1S/C14H17ClFN3/c1-8-6-10(4-5-11(8)16)12(17)7-13-14(15)9(2)18-19(13)3/h4-6,12H,7,17H2,1-3H3. The molecule has 0 aliphatic carbocycles. The molecule has 2 rings (SSSR count). The fourth-order valence-electron chi connectivity index (χ4n) is 2.13. The summed E-state index contributed by atoms with van der Waals surface area (Å²) < 4.78 is 15.0. The smallest absolute Gasteiger partial charge is 0.126 e. The van der Waals surface area contributed by atoms with Crippen LogP contribution in [0.4, 0.5) is 4.39 Å². The Kier molecular flexibility index (Phi) is 3.92. The van der Waals surface area contributed by atoms with E-state index >= 15 is 0 Å². The van der Waals surface area contributed by atoms with Gasteiger partial charge in [-0.3, -0.25) is 4.68 Å². The van der Waals surface area contributed by atoms with Gasteiger partial charge in [0.2, 0.25) is 0 Å². The van der Waals surface area contributed by atoms with E-state index in [0.717, 1.165) is 17.0 Å². The van der Waals surface area contributed by atoms with E-state index in [1.165, 1.54) is 6.07 Å². The lowest BCUT2D eigenvalue weighted by Crippen LogP contribution is -2.16. The molecule has 1 aromatic carbocycles. The minimum atomic E-state index is -0.230. The van der Waals surface area contributed by atoms with Gasteiger partial charge in [-0.2, -0.15) is 5.10 Å². The average Bonchev–Trinajstić information content (AvgIpc) is 2.59. The highest BCUT2D eigenvalue weighted by Gasteiger charge is 2.16. The van der Waals surface area contributed by atoms with E-state index in [9.17, 15) is 4.39 Å². The Morgan fingerprint density at radius 1 is 1.42 bits per heavy atom. The van der Waals surface area contributed by atoms with Crippen LogP contribution in [0.3, 0.4) is 0 Å². The van der Waals surface area contributed by atoms with Gasteiger partial charge in [0.15, 0.2) is 0 Å². The predicted octanol–water partition coefficient (Wildman–Crippen LogP) is 3.07. The Balaban J connectivity index is 2.25. The van der Waals surface area contributed by atoms with Crippen LogP contribution in [0.15, 0.2) is 18.2 Å². The minimum absolute atomic E-state index is 0.217. The number of hydrogen-bond acceptors (Lipinski definition) is 2. The number of benzene rings is 1. The van der Waals surface area contributed by atoms with E-state index in [4.69, 9.17) is 17.3 Å². The van der Waals surface area contributed by atoms with Crippen LogP contribution in [0.2, 0.25) is 5.02 Å². The summed E-state index contributed by atoms with van der Waals surface area (Å²) >= 11 is 6.20. The monoisotopic (exact) mass is 281 g/mol. The van der Waals surface area contributed by atoms with Crippen LogP contribution in [0.1, 0.15) is 28.6 Å². The summed E-state index contributed by atoms with van der Waals surface area (Å²) in [5, 5.41) is 4.91. The van der Waals surface area contributed by atoms with Crippen molar-refractivity contribution in [3.8, 4) is 0 Å². The van der Waals surface area contributed by atoms with Gasteiger partial charge in [0.05, 0.1) is 16.4 Å². The number of aromatic nitrogens is 2. The molecule has 0 bridgehead atoms. The molecule has 2 N–H and O–H groups in total. The Morgan fingerprint density at radius 2 is 2.11 bits per heavy atom. The van der Waals surface area contributed by atoms with Crippen LogP contribution in [0.5, 0.6) is 0 Å². The first-order valence-electron chi connectivity index (χ1n) is 6.09. The first kappa shape index (κ1) is 14.0. The largest absolute Gasteiger partial charge is 0.324 e. The van der Waals surface area contributed by atoms with Crippen molar-refractivity contribution < 1.29 is 4.39 Å². The molecule has 3 nitrogen and oxygen atoms in total. The predicted molar refractivity (Wildman–Crippen MR) is 74.7 cm³/mol. The molecule has 0 amide bonds. The van der Waals surface area contributed by atoms with Crippen molar-refractivity contribution in [1.82, 2.24) is 9.78 Å². The number of hydrogen-bond donors (Lipinski definition) is 1. The van der Waals surface area contributed by atoms with E-state index in [-0.39, 0.29) is 11.9 Å². The number of nitrogens with zero attached hydrogens (tertiary/aromatic N) is 2. The summed E-state index contributed by atoms with van der Waals surface area (Å²) in [7, 11) is 1.84. The molecular formula is C14H17ClFN3. The van der Waals surface area contributed by atoms with Gasteiger partial charge in [0.25, 0.3) is 0 Å². The van der Waals surface area contributed by atoms with E-state index in [2.05, 4.69) is 5.10 Å². The molecule has 5 heteroatoms. The zero-order valence-corrected chi connectivity index (χ0v) is 12.0. The molecule has 0 saturated carbocycles. The van der Waals surface area contributed by atoms with E-state index in [1.807, 2.05) is 14.0 Å². The lowest BCUT2D eigenvalue weighted by atomic mass is 10.0. The zero-order chi connectivity index (χ0) is 14.2. The summed E-state index contributed by atoms with van der Waals surface area (Å²) in [6.45, 7) is 3.59. The SMILES string of the molecule is Cc1cc(C(N)Cc2c(Cl)c(C)nn2C)ccc1F. The van der Waals surface area contributed by atoms with Gasteiger partial charge in [-0.25, -0.2) is 4.39 Å². The lowest BCUT2D eigenvalue weighted by Gasteiger charge is -2.13. The normalized spacial score (nSPS) is 12.7. The molecule has 1 atom stereocenters. The third-order valence-electron chi connectivity index (χ3n) is 3.29. The van der Waals surface area contributed by atoms with Gasteiger partial charge in [-0.05, 0) is 31.0 Å². The fourth-order valence-corrected chi connectivity index (χ4v) is 2.36. The second-order valence-corrected chi connectivity index (χ2v) is 5.17. The zero-order valence-electron chi connectivity index (χ0n) is 11.2. The van der Waals surface area contributed by atoms with Crippen LogP contribution < -0.4 is 5.73 Å². The van der Waals surface area contributed by atoms with Crippen LogP contribution in [0.25, 0.3) is 0 Å². The molecule has 2 aromatic rings. The average molecular weight is 282 g/mol. The molecule has 0 aliphatic rings. The Morgan fingerprint density at radius 3 is 2.63 bits per heavy atom. The topological polar surface area (TPSA) is 43.8 Å². The van der Waals surface area contributed by atoms with Crippen LogP contribution in [0, 0.1) is 19.7 Å². The molecule has 0 saturated heterocycles. The summed E-state index contributed by atoms with van der Waals surface area (Å²) in [6.07, 6.45) is 0.571. The first-order chi connectivity index (χ1) is 8.90. The van der Waals surface area contributed by atoms with Gasteiger partial charge in [0.1, 0.15) is 5.82 Å². The van der Waals surface area contributed by atoms with Crippen LogP contribution in [-0.4, -0.2) is 9.78 Å². The summed E-state index contributed by atoms with van der Waals surface area (Å²) in [4.78, 5) is 0. The number of nitrogens with two attached hydrogens (primary N) is 1. The molecule has 1 unspecified atom stereocenters. The van der Waals surface area contributed by atoms with Gasteiger partial charge in [-0.1, -0.05) is 23.7 Å². The molecule has 102 valence electrons. The third kappa shape index (κ3) is 2.80. The minimum Gasteiger partial charge on any atom is -0.324 e. The molecule has 0 spiro atoms. The molecule has 0 fully saturated rings. The highest BCUT2D eigenvalue weighted by Crippen LogP contribution is 2.25. The van der Waals surface area contributed by atoms with Crippen LogP contribution >= 0.6 is 11.6 Å². The maximum absolute atomic E-state index is 13.2. The van der Waals surface area contributed by atoms with Crippen molar-refractivity contribution >= 4 is 11.6 Å². The Bertz CT molecular complexity index is 607. The quantitative estimate of drug-likeness (QED) is 0.940. The maximum atomic E-state index is 13.2. The first-order valence-corrected chi connectivity index (χ1v) is 6.47. The third-order valence-corrected chi connectivity index (χ3v) is 3.78. The van der Waals surface area contributed by atoms with Gasteiger partial charge in [-0.15, -0.1) is 0 Å². The molecule has 1 aromatic heterocycles. The summed E-state index contributed by atoms with van der Waals surface area (Å²) in [5.41, 5.74) is 9.36. The van der Waals surface area contributed by atoms with E-state index in [1.54, 1.807) is 23.7 Å². The lowest BCUT2D eigenvalue weighted by molar-refractivity contribution is 0.611.